The van der Waals surface area contributed by atoms with Gasteiger partial charge in [0.2, 0.25) is 9.05 Å². The maximum absolute atomic E-state index is 10.9. The molecular weight excluding hydrogens is 240 g/mol. The summed E-state index contributed by atoms with van der Waals surface area (Å²) in [5.41, 5.74) is 1.72. The van der Waals surface area contributed by atoms with Crippen LogP contribution in [0.25, 0.3) is 0 Å². The predicted octanol–water partition coefficient (Wildman–Crippen LogP) is 2.79. The van der Waals surface area contributed by atoms with Gasteiger partial charge in [-0.3, -0.25) is 0 Å². The van der Waals surface area contributed by atoms with Crippen molar-refractivity contribution in [1.82, 2.24) is 0 Å². The third kappa shape index (κ3) is 3.52. The van der Waals surface area contributed by atoms with Crippen LogP contribution < -0.4 is 0 Å². The standard InChI is InChI=1S/C9H11ClO2S2/c1-7-3-4-9(13-2)5-8(7)6-14(10,11)12/h3-5H,6H2,1-2H3. The van der Waals surface area contributed by atoms with Crippen molar-refractivity contribution in [3.05, 3.63) is 29.3 Å². The van der Waals surface area contributed by atoms with Gasteiger partial charge >= 0.3 is 0 Å². The third-order valence-electron chi connectivity index (χ3n) is 1.88. The molecule has 0 heterocycles. The average Bonchev–Trinajstić information content (AvgIpc) is 2.06. The Hall–Kier alpha value is -0.190. The first-order chi connectivity index (χ1) is 6.42. The maximum atomic E-state index is 10.9. The molecule has 2 nitrogen and oxygen atoms in total. The van der Waals surface area contributed by atoms with E-state index in [1.54, 1.807) is 11.8 Å². The van der Waals surface area contributed by atoms with Crippen molar-refractivity contribution in [3.8, 4) is 0 Å². The summed E-state index contributed by atoms with van der Waals surface area (Å²) < 4.78 is 21.8. The highest BCUT2D eigenvalue weighted by Crippen LogP contribution is 2.21. The summed E-state index contributed by atoms with van der Waals surface area (Å²) in [6, 6.07) is 5.73. The van der Waals surface area contributed by atoms with Crippen LogP contribution in [0.2, 0.25) is 0 Å². The summed E-state index contributed by atoms with van der Waals surface area (Å²) >= 11 is 1.58. The smallest absolute Gasteiger partial charge is 0.212 e. The molecule has 5 heteroatoms. The maximum Gasteiger partial charge on any atom is 0.236 e. The van der Waals surface area contributed by atoms with E-state index < -0.39 is 9.05 Å². The first-order valence-corrected chi connectivity index (χ1v) is 7.68. The Morgan fingerprint density at radius 2 is 2.07 bits per heavy atom. The van der Waals surface area contributed by atoms with Crippen LogP contribution in [0.5, 0.6) is 0 Å². The first-order valence-electron chi connectivity index (χ1n) is 3.98. The molecule has 1 rings (SSSR count). The van der Waals surface area contributed by atoms with Crippen molar-refractivity contribution < 1.29 is 8.42 Å². The van der Waals surface area contributed by atoms with Gasteiger partial charge in [-0.05, 0) is 36.4 Å². The molecule has 0 aliphatic rings. The second-order valence-corrected chi connectivity index (χ2v) is 6.63. The van der Waals surface area contributed by atoms with Crippen LogP contribution in [0.15, 0.2) is 23.1 Å². The van der Waals surface area contributed by atoms with E-state index in [0.29, 0.717) is 0 Å². The molecule has 0 saturated heterocycles. The van der Waals surface area contributed by atoms with Gasteiger partial charge in [-0.15, -0.1) is 11.8 Å². The van der Waals surface area contributed by atoms with Gasteiger partial charge in [0.1, 0.15) is 0 Å². The van der Waals surface area contributed by atoms with Crippen molar-refractivity contribution in [2.24, 2.45) is 0 Å². The van der Waals surface area contributed by atoms with Crippen LogP contribution in [0, 0.1) is 6.92 Å². The largest absolute Gasteiger partial charge is 0.236 e. The fourth-order valence-corrected chi connectivity index (χ4v) is 2.62. The molecule has 78 valence electrons. The zero-order chi connectivity index (χ0) is 10.8. The fraction of sp³-hybridized carbons (Fsp3) is 0.333. The molecule has 0 aromatic heterocycles. The minimum Gasteiger partial charge on any atom is -0.212 e. The van der Waals surface area contributed by atoms with Crippen LogP contribution in [0.4, 0.5) is 0 Å². The fourth-order valence-electron chi connectivity index (χ4n) is 1.12. The Kier molecular flexibility index (Phi) is 3.86. The van der Waals surface area contributed by atoms with E-state index in [4.69, 9.17) is 10.7 Å². The number of benzene rings is 1. The molecule has 14 heavy (non-hydrogen) atoms. The van der Waals surface area contributed by atoms with Crippen LogP contribution in [-0.4, -0.2) is 14.7 Å². The van der Waals surface area contributed by atoms with Crippen molar-refractivity contribution in [3.63, 3.8) is 0 Å². The molecular formula is C9H11ClO2S2. The second-order valence-electron chi connectivity index (χ2n) is 2.98. The lowest BCUT2D eigenvalue weighted by molar-refractivity contribution is 0.608. The lowest BCUT2D eigenvalue weighted by atomic mass is 10.1. The molecule has 1 aromatic carbocycles. The quantitative estimate of drug-likeness (QED) is 0.611. The highest BCUT2D eigenvalue weighted by molar-refractivity contribution is 8.13. The number of hydrogen-bond acceptors (Lipinski definition) is 3. The third-order valence-corrected chi connectivity index (χ3v) is 3.59. The Labute approximate surface area is 93.1 Å². The lowest BCUT2D eigenvalue weighted by Gasteiger charge is -2.05. The Balaban J connectivity index is 3.07. The van der Waals surface area contributed by atoms with Gasteiger partial charge < -0.3 is 0 Å². The highest BCUT2D eigenvalue weighted by Gasteiger charge is 2.09. The summed E-state index contributed by atoms with van der Waals surface area (Å²) in [6.07, 6.45) is 1.95. The van der Waals surface area contributed by atoms with Crippen LogP contribution >= 0.6 is 22.4 Å². The molecule has 0 aliphatic heterocycles. The van der Waals surface area contributed by atoms with Crippen molar-refractivity contribution in [1.29, 1.82) is 0 Å². The van der Waals surface area contributed by atoms with E-state index >= 15 is 0 Å². The lowest BCUT2D eigenvalue weighted by Crippen LogP contribution is -1.97. The van der Waals surface area contributed by atoms with Gasteiger partial charge in [0.05, 0.1) is 5.75 Å². The number of hydrogen-bond donors (Lipinski definition) is 0. The van der Waals surface area contributed by atoms with Crippen molar-refractivity contribution in [2.75, 3.05) is 6.26 Å². The Morgan fingerprint density at radius 1 is 1.43 bits per heavy atom. The zero-order valence-corrected chi connectivity index (χ0v) is 10.3. The van der Waals surface area contributed by atoms with Gasteiger partial charge in [0.15, 0.2) is 0 Å². The normalized spacial score (nSPS) is 11.6. The summed E-state index contributed by atoms with van der Waals surface area (Å²) in [5, 5.41) is 0. The molecule has 1 aromatic rings. The number of aryl methyl sites for hydroxylation is 1. The number of halogens is 1. The second kappa shape index (κ2) is 4.55. The molecule has 0 bridgehead atoms. The Bertz CT molecular complexity index is 426. The minimum absolute atomic E-state index is 0.102. The molecule has 0 N–H and O–H groups in total. The number of thioether (sulfide) groups is 1. The van der Waals surface area contributed by atoms with Gasteiger partial charge in [-0.1, -0.05) is 6.07 Å². The molecule has 0 fully saturated rings. The molecule has 0 unspecified atom stereocenters. The van der Waals surface area contributed by atoms with E-state index in [9.17, 15) is 8.42 Å². The predicted molar refractivity (Wildman–Crippen MR) is 61.4 cm³/mol. The topological polar surface area (TPSA) is 34.1 Å². The van der Waals surface area contributed by atoms with Crippen molar-refractivity contribution in [2.45, 2.75) is 17.6 Å². The van der Waals surface area contributed by atoms with E-state index in [0.717, 1.165) is 16.0 Å². The van der Waals surface area contributed by atoms with Gasteiger partial charge in [-0.2, -0.15) is 0 Å². The van der Waals surface area contributed by atoms with Crippen LogP contribution in [0.3, 0.4) is 0 Å². The first kappa shape index (κ1) is 11.9. The van der Waals surface area contributed by atoms with Crippen molar-refractivity contribution >= 4 is 31.5 Å². The zero-order valence-electron chi connectivity index (χ0n) is 7.95. The molecule has 0 saturated carbocycles. The SMILES string of the molecule is CSc1ccc(C)c(CS(=O)(=O)Cl)c1. The van der Waals surface area contributed by atoms with Gasteiger partial charge in [-0.25, -0.2) is 8.42 Å². The van der Waals surface area contributed by atoms with E-state index in [2.05, 4.69) is 0 Å². The van der Waals surface area contributed by atoms with Crippen LogP contribution in [0.1, 0.15) is 11.1 Å². The Morgan fingerprint density at radius 3 is 2.57 bits per heavy atom. The van der Waals surface area contributed by atoms with E-state index in [1.807, 2.05) is 31.4 Å². The summed E-state index contributed by atoms with van der Waals surface area (Å²) in [4.78, 5) is 1.05. The molecule has 0 radical (unpaired) electrons. The minimum atomic E-state index is -3.46. The summed E-state index contributed by atoms with van der Waals surface area (Å²) in [6.45, 7) is 1.88. The monoisotopic (exact) mass is 250 g/mol. The summed E-state index contributed by atoms with van der Waals surface area (Å²) in [5.74, 6) is -0.102. The molecule has 0 aliphatic carbocycles. The average molecular weight is 251 g/mol. The highest BCUT2D eigenvalue weighted by atomic mass is 35.7. The molecule has 0 amide bonds. The van der Waals surface area contributed by atoms with Gasteiger partial charge in [0.25, 0.3) is 0 Å². The molecule has 0 atom stereocenters. The molecule has 0 spiro atoms. The van der Waals surface area contributed by atoms with E-state index in [-0.39, 0.29) is 5.75 Å². The summed E-state index contributed by atoms with van der Waals surface area (Å²) in [7, 11) is 1.74. The number of rotatable bonds is 3. The van der Waals surface area contributed by atoms with Crippen LogP contribution in [-0.2, 0) is 14.8 Å². The van der Waals surface area contributed by atoms with Gasteiger partial charge in [0, 0.05) is 15.6 Å². The van der Waals surface area contributed by atoms with E-state index in [1.165, 1.54) is 0 Å².